The molecule has 33 heavy (non-hydrogen) atoms. The predicted octanol–water partition coefficient (Wildman–Crippen LogP) is 6.23. The Morgan fingerprint density at radius 3 is 2.30 bits per heavy atom. The average Bonchev–Trinajstić information content (AvgIpc) is 2.83. The van der Waals surface area contributed by atoms with Crippen molar-refractivity contribution in [2.24, 2.45) is 0 Å². The van der Waals surface area contributed by atoms with Gasteiger partial charge in [-0.2, -0.15) is 0 Å². The normalized spacial score (nSPS) is 11.4. The predicted molar refractivity (Wildman–Crippen MR) is 137 cm³/mol. The first-order valence-corrected chi connectivity index (χ1v) is 12.0. The smallest absolute Gasteiger partial charge is 0.255 e. The van der Waals surface area contributed by atoms with Crippen molar-refractivity contribution in [3.05, 3.63) is 76.8 Å². The second kappa shape index (κ2) is 11.8. The summed E-state index contributed by atoms with van der Waals surface area (Å²) in [5.74, 6) is 0.708. The number of hydrogen-bond acceptors (Lipinski definition) is 5. The molecule has 0 fully saturated rings. The summed E-state index contributed by atoms with van der Waals surface area (Å²) in [5.41, 5.74) is 1.84. The molecule has 0 aliphatic carbocycles. The Hall–Kier alpha value is -2.97. The molecule has 172 valence electrons. The molecule has 3 aromatic rings. The molecule has 8 heteroatoms. The second-order valence-corrected chi connectivity index (χ2v) is 9.25. The molecule has 3 aromatic carbocycles. The number of nitrogens with one attached hydrogen (secondary N) is 2. The lowest BCUT2D eigenvalue weighted by Crippen LogP contribution is -2.24. The van der Waals surface area contributed by atoms with Crippen molar-refractivity contribution >= 4 is 50.9 Å². The van der Waals surface area contributed by atoms with E-state index in [-0.39, 0.29) is 17.1 Å². The van der Waals surface area contributed by atoms with E-state index >= 15 is 0 Å². The highest BCUT2D eigenvalue weighted by molar-refractivity contribution is 9.10. The Morgan fingerprint density at radius 2 is 1.64 bits per heavy atom. The third-order valence-electron chi connectivity index (χ3n) is 4.79. The summed E-state index contributed by atoms with van der Waals surface area (Å²) < 4.78 is 11.4. The molecular weight excluding hydrogens is 504 g/mol. The Bertz CT molecular complexity index is 1120. The Morgan fingerprint density at radius 1 is 0.909 bits per heavy atom. The van der Waals surface area contributed by atoms with Crippen LogP contribution in [0.2, 0.25) is 0 Å². The van der Waals surface area contributed by atoms with Gasteiger partial charge in [0.05, 0.1) is 19.5 Å². The zero-order valence-corrected chi connectivity index (χ0v) is 21.0. The van der Waals surface area contributed by atoms with Crippen molar-refractivity contribution in [1.82, 2.24) is 0 Å². The largest absolute Gasteiger partial charge is 0.493 e. The van der Waals surface area contributed by atoms with E-state index in [1.165, 1.54) is 18.9 Å². The van der Waals surface area contributed by atoms with Gasteiger partial charge < -0.3 is 20.1 Å². The van der Waals surface area contributed by atoms with E-state index in [1.807, 2.05) is 55.5 Å². The molecule has 6 nitrogen and oxygen atoms in total. The van der Waals surface area contributed by atoms with Crippen LogP contribution in [0.5, 0.6) is 11.5 Å². The molecule has 3 rings (SSSR count). The van der Waals surface area contributed by atoms with Crippen molar-refractivity contribution in [2.75, 3.05) is 24.9 Å². The minimum absolute atomic E-state index is 0.0652. The van der Waals surface area contributed by atoms with Crippen molar-refractivity contribution in [2.45, 2.75) is 23.5 Å². The van der Waals surface area contributed by atoms with Crippen LogP contribution in [0, 0.1) is 0 Å². The van der Waals surface area contributed by atoms with Gasteiger partial charge in [0, 0.05) is 26.3 Å². The van der Waals surface area contributed by atoms with Gasteiger partial charge in [0.25, 0.3) is 5.91 Å². The Balaban J connectivity index is 1.67. The summed E-state index contributed by atoms with van der Waals surface area (Å²) in [6.45, 7) is 1.97. The lowest BCUT2D eigenvalue weighted by atomic mass is 10.2. The molecular formula is C25H25BrN2O4S. The minimum atomic E-state index is -0.273. The van der Waals surface area contributed by atoms with E-state index in [0.29, 0.717) is 29.2 Å². The molecule has 0 bridgehead atoms. The maximum atomic E-state index is 12.8. The van der Waals surface area contributed by atoms with Gasteiger partial charge >= 0.3 is 0 Å². The van der Waals surface area contributed by atoms with E-state index in [9.17, 15) is 9.59 Å². The van der Waals surface area contributed by atoms with Crippen LogP contribution >= 0.6 is 27.7 Å². The van der Waals surface area contributed by atoms with E-state index in [1.54, 1.807) is 25.3 Å². The second-order valence-electron chi connectivity index (χ2n) is 7.06. The van der Waals surface area contributed by atoms with Crippen LogP contribution in [-0.2, 0) is 4.79 Å². The van der Waals surface area contributed by atoms with Gasteiger partial charge in [-0.3, -0.25) is 9.59 Å². The molecule has 2 amide bonds. The number of amides is 2. The standard InChI is InChI=1S/C25H25BrN2O4S/c1-4-23(25(30)27-18-11-9-17(26)10-12-18)33-20-7-5-6-19(15-20)28-24(29)16-8-13-21(31-2)22(14-16)32-3/h5-15,23H,4H2,1-3H3,(H,27,30)(H,28,29). The summed E-state index contributed by atoms with van der Waals surface area (Å²) in [6, 6.07) is 19.9. The molecule has 0 radical (unpaired) electrons. The number of hydrogen-bond donors (Lipinski definition) is 2. The molecule has 1 unspecified atom stereocenters. The zero-order valence-electron chi connectivity index (χ0n) is 18.6. The van der Waals surface area contributed by atoms with Gasteiger partial charge in [0.1, 0.15) is 0 Å². The number of benzene rings is 3. The van der Waals surface area contributed by atoms with Crippen LogP contribution in [0.15, 0.2) is 76.1 Å². The summed E-state index contributed by atoms with van der Waals surface area (Å²) in [4.78, 5) is 26.4. The minimum Gasteiger partial charge on any atom is -0.493 e. The quantitative estimate of drug-likeness (QED) is 0.322. The Kier molecular flexibility index (Phi) is 8.79. The fourth-order valence-corrected chi connectivity index (χ4v) is 4.35. The lowest BCUT2D eigenvalue weighted by Gasteiger charge is -2.16. The van der Waals surface area contributed by atoms with Crippen LogP contribution in [0.3, 0.4) is 0 Å². The average molecular weight is 529 g/mol. The van der Waals surface area contributed by atoms with Gasteiger partial charge in [-0.15, -0.1) is 11.8 Å². The molecule has 0 saturated carbocycles. The maximum Gasteiger partial charge on any atom is 0.255 e. The monoisotopic (exact) mass is 528 g/mol. The fourth-order valence-electron chi connectivity index (χ4n) is 3.07. The summed E-state index contributed by atoms with van der Waals surface area (Å²) in [6.07, 6.45) is 0.662. The zero-order chi connectivity index (χ0) is 23.8. The summed E-state index contributed by atoms with van der Waals surface area (Å²) in [5, 5.41) is 5.58. The molecule has 0 aliphatic heterocycles. The van der Waals surface area contributed by atoms with Crippen molar-refractivity contribution in [3.8, 4) is 11.5 Å². The summed E-state index contributed by atoms with van der Waals surface area (Å²) >= 11 is 4.85. The van der Waals surface area contributed by atoms with Crippen LogP contribution < -0.4 is 20.1 Å². The molecule has 0 heterocycles. The van der Waals surface area contributed by atoms with E-state index in [0.717, 1.165) is 15.1 Å². The lowest BCUT2D eigenvalue weighted by molar-refractivity contribution is -0.115. The van der Waals surface area contributed by atoms with Gasteiger partial charge in [-0.05, 0) is 67.1 Å². The van der Waals surface area contributed by atoms with Gasteiger partial charge in [-0.1, -0.05) is 28.9 Å². The SMILES string of the molecule is CCC(Sc1cccc(NC(=O)c2ccc(OC)c(OC)c2)c1)C(=O)Nc1ccc(Br)cc1. The van der Waals surface area contributed by atoms with Gasteiger partial charge in [0.15, 0.2) is 11.5 Å². The van der Waals surface area contributed by atoms with Gasteiger partial charge in [-0.25, -0.2) is 0 Å². The molecule has 0 aromatic heterocycles. The highest BCUT2D eigenvalue weighted by Crippen LogP contribution is 2.30. The maximum absolute atomic E-state index is 12.8. The van der Waals surface area contributed by atoms with Crippen LogP contribution in [0.25, 0.3) is 0 Å². The van der Waals surface area contributed by atoms with E-state index in [2.05, 4.69) is 26.6 Å². The number of halogens is 1. The number of carbonyl (C=O) groups excluding carboxylic acids is 2. The topological polar surface area (TPSA) is 76.7 Å². The van der Waals surface area contributed by atoms with Gasteiger partial charge in [0.2, 0.25) is 5.91 Å². The molecule has 0 aliphatic rings. The summed E-state index contributed by atoms with van der Waals surface area (Å²) in [7, 11) is 3.07. The number of rotatable bonds is 9. The highest BCUT2D eigenvalue weighted by Gasteiger charge is 2.19. The number of thioether (sulfide) groups is 1. The first-order chi connectivity index (χ1) is 15.9. The van der Waals surface area contributed by atoms with Crippen LogP contribution in [0.4, 0.5) is 11.4 Å². The molecule has 0 saturated heterocycles. The third-order valence-corrected chi connectivity index (χ3v) is 6.68. The number of carbonyl (C=O) groups is 2. The number of anilines is 2. The number of ether oxygens (including phenoxy) is 2. The van der Waals surface area contributed by atoms with Crippen molar-refractivity contribution in [3.63, 3.8) is 0 Å². The number of methoxy groups -OCH3 is 2. The Labute approximate surface area is 206 Å². The molecule has 1 atom stereocenters. The van der Waals surface area contributed by atoms with Crippen LogP contribution in [-0.4, -0.2) is 31.3 Å². The molecule has 2 N–H and O–H groups in total. The molecule has 0 spiro atoms. The van der Waals surface area contributed by atoms with Crippen molar-refractivity contribution < 1.29 is 19.1 Å². The van der Waals surface area contributed by atoms with Crippen molar-refractivity contribution in [1.29, 1.82) is 0 Å². The van der Waals surface area contributed by atoms with Crippen LogP contribution in [0.1, 0.15) is 23.7 Å². The fraction of sp³-hybridized carbons (Fsp3) is 0.200. The third kappa shape index (κ3) is 6.76. The first-order valence-electron chi connectivity index (χ1n) is 10.3. The van der Waals surface area contributed by atoms with E-state index < -0.39 is 0 Å². The highest BCUT2D eigenvalue weighted by atomic mass is 79.9. The van der Waals surface area contributed by atoms with E-state index in [4.69, 9.17) is 9.47 Å². The first kappa shape index (κ1) is 24.7.